The van der Waals surface area contributed by atoms with Crippen LogP contribution in [0.3, 0.4) is 0 Å². The molecule has 98 valence electrons. The molecule has 0 atom stereocenters. The molecule has 0 bridgehead atoms. The maximum Gasteiger partial charge on any atom is 0.0750 e. The maximum absolute atomic E-state index is 10.1. The van der Waals surface area contributed by atoms with Crippen LogP contribution in [0.5, 0.6) is 0 Å². The molecule has 0 aliphatic heterocycles. The highest BCUT2D eigenvalue weighted by atomic mass is 32.3. The molecule has 0 heterocycles. The lowest BCUT2D eigenvalue weighted by Crippen LogP contribution is -2.37. The molecule has 3 N–H and O–H groups in total. The van der Waals surface area contributed by atoms with Gasteiger partial charge in [0, 0.05) is 5.54 Å². The number of benzene rings is 1. The smallest absolute Gasteiger partial charge is 0.0750 e. The normalized spacial score (nSPS) is 14.1. The minimum absolute atomic E-state index is 0.338. The van der Waals surface area contributed by atoms with Crippen molar-refractivity contribution in [2.24, 2.45) is 0 Å². The van der Waals surface area contributed by atoms with Crippen LogP contribution in [0.15, 0.2) is 29.2 Å². The first-order valence-electron chi connectivity index (χ1n) is 5.79. The van der Waals surface area contributed by atoms with Crippen molar-refractivity contribution in [1.82, 2.24) is 4.72 Å². The van der Waals surface area contributed by atoms with Gasteiger partial charge in [-0.2, -0.15) is 0 Å². The molecule has 1 rings (SSSR count). The van der Waals surface area contributed by atoms with E-state index in [-0.39, 0.29) is 5.54 Å². The topological polar surface area (TPSA) is 52.5 Å². The second kappa shape index (κ2) is 4.98. The zero-order valence-corrected chi connectivity index (χ0v) is 12.0. The van der Waals surface area contributed by atoms with Crippen molar-refractivity contribution in [1.29, 1.82) is 0 Å². The van der Waals surface area contributed by atoms with E-state index in [2.05, 4.69) is 18.6 Å². The molecule has 0 saturated heterocycles. The van der Waals surface area contributed by atoms with Crippen LogP contribution in [-0.4, -0.2) is 14.6 Å². The van der Waals surface area contributed by atoms with Crippen LogP contribution in [0.2, 0.25) is 0 Å². The Hall–Kier alpha value is -0.550. The van der Waals surface area contributed by atoms with Crippen LogP contribution in [0.4, 0.5) is 0 Å². The van der Waals surface area contributed by atoms with Gasteiger partial charge >= 0.3 is 0 Å². The molecule has 17 heavy (non-hydrogen) atoms. The summed E-state index contributed by atoms with van der Waals surface area (Å²) in [5.41, 5.74) is 0.856. The Morgan fingerprint density at radius 2 is 1.53 bits per heavy atom. The van der Waals surface area contributed by atoms with E-state index in [0.29, 0.717) is 10.8 Å². The van der Waals surface area contributed by atoms with Crippen LogP contribution >= 0.6 is 10.8 Å². The largest absolute Gasteiger partial charge is 0.281 e. The summed E-state index contributed by atoms with van der Waals surface area (Å²) in [4.78, 5) is 0.539. The molecule has 0 aromatic heterocycles. The lowest BCUT2D eigenvalue weighted by Gasteiger charge is -2.39. The highest BCUT2D eigenvalue weighted by molar-refractivity contribution is 8.22. The number of hydrogen-bond donors (Lipinski definition) is 3. The fraction of sp³-hybridized carbons (Fsp3) is 0.538. The Balaban J connectivity index is 2.92. The van der Waals surface area contributed by atoms with Crippen molar-refractivity contribution in [3.05, 3.63) is 29.8 Å². The molecular weight excluding hydrogens is 234 g/mol. The summed E-state index contributed by atoms with van der Waals surface area (Å²) in [7, 11) is -2.91. The SMILES string of the molecule is CC(C)c1ccc(S(O)(O)NC(C)(C)C)cc1. The molecule has 4 heteroatoms. The van der Waals surface area contributed by atoms with E-state index < -0.39 is 10.8 Å². The van der Waals surface area contributed by atoms with Gasteiger partial charge in [-0.25, -0.2) is 4.72 Å². The lowest BCUT2D eigenvalue weighted by molar-refractivity contribution is 0.422. The number of hydrogen-bond acceptors (Lipinski definition) is 3. The van der Waals surface area contributed by atoms with Crippen molar-refractivity contribution in [2.45, 2.75) is 51.0 Å². The summed E-state index contributed by atoms with van der Waals surface area (Å²) in [6.45, 7) is 9.94. The summed E-state index contributed by atoms with van der Waals surface area (Å²) in [6, 6.07) is 7.45. The maximum atomic E-state index is 10.1. The Morgan fingerprint density at radius 1 is 1.06 bits per heavy atom. The predicted molar refractivity (Wildman–Crippen MR) is 74.5 cm³/mol. The highest BCUT2D eigenvalue weighted by Gasteiger charge is 2.22. The van der Waals surface area contributed by atoms with Crippen LogP contribution < -0.4 is 4.72 Å². The van der Waals surface area contributed by atoms with E-state index in [0.717, 1.165) is 0 Å². The van der Waals surface area contributed by atoms with Crippen molar-refractivity contribution < 1.29 is 9.11 Å². The van der Waals surface area contributed by atoms with Gasteiger partial charge in [-0.15, -0.1) is 10.8 Å². The van der Waals surface area contributed by atoms with Gasteiger partial charge in [0.1, 0.15) is 0 Å². The van der Waals surface area contributed by atoms with Gasteiger partial charge in [-0.3, -0.25) is 9.11 Å². The molecule has 0 saturated carbocycles. The molecule has 0 radical (unpaired) electrons. The molecule has 1 aromatic carbocycles. The van der Waals surface area contributed by atoms with E-state index in [1.54, 1.807) is 12.1 Å². The molecule has 0 amide bonds. The third-order valence-corrected chi connectivity index (χ3v) is 4.15. The predicted octanol–water partition coefficient (Wildman–Crippen LogP) is 4.22. The molecule has 0 aliphatic carbocycles. The van der Waals surface area contributed by atoms with Crippen LogP contribution in [0.25, 0.3) is 0 Å². The van der Waals surface area contributed by atoms with Gasteiger partial charge in [0.25, 0.3) is 0 Å². The molecule has 0 spiro atoms. The quantitative estimate of drug-likeness (QED) is 0.759. The Morgan fingerprint density at radius 3 is 1.88 bits per heavy atom. The van der Waals surface area contributed by atoms with Crippen LogP contribution in [0.1, 0.15) is 46.1 Å². The van der Waals surface area contributed by atoms with Gasteiger partial charge in [-0.05, 0) is 44.4 Å². The second-order valence-electron chi connectivity index (χ2n) is 5.62. The van der Waals surface area contributed by atoms with Crippen LogP contribution in [-0.2, 0) is 0 Å². The first kappa shape index (κ1) is 14.5. The molecule has 1 aromatic rings. The van der Waals surface area contributed by atoms with Crippen LogP contribution in [0, 0.1) is 0 Å². The van der Waals surface area contributed by atoms with Gasteiger partial charge in [-0.1, -0.05) is 26.0 Å². The molecule has 3 nitrogen and oxygen atoms in total. The third kappa shape index (κ3) is 4.32. The first-order chi connectivity index (χ1) is 7.62. The van der Waals surface area contributed by atoms with Crippen molar-refractivity contribution >= 4 is 10.8 Å². The summed E-state index contributed by atoms with van der Waals surface area (Å²) in [6.07, 6.45) is 0. The van der Waals surface area contributed by atoms with Crippen molar-refractivity contribution in [3.63, 3.8) is 0 Å². The van der Waals surface area contributed by atoms with E-state index in [9.17, 15) is 9.11 Å². The summed E-state index contributed by atoms with van der Waals surface area (Å²) >= 11 is 0. The number of rotatable bonds is 3. The summed E-state index contributed by atoms with van der Waals surface area (Å²) in [5.74, 6) is 0.446. The lowest BCUT2D eigenvalue weighted by atomic mass is 10.0. The highest BCUT2D eigenvalue weighted by Crippen LogP contribution is 2.45. The van der Waals surface area contributed by atoms with E-state index in [1.807, 2.05) is 32.9 Å². The number of nitrogens with one attached hydrogen (secondary N) is 1. The fourth-order valence-corrected chi connectivity index (χ4v) is 3.02. The molecule has 0 unspecified atom stereocenters. The van der Waals surface area contributed by atoms with Gasteiger partial charge in [0.15, 0.2) is 0 Å². The Kier molecular flexibility index (Phi) is 4.25. The minimum Gasteiger partial charge on any atom is -0.281 e. The second-order valence-corrected chi connectivity index (χ2v) is 7.40. The minimum atomic E-state index is -2.91. The summed E-state index contributed by atoms with van der Waals surface area (Å²) in [5, 5.41) is 0. The van der Waals surface area contributed by atoms with E-state index >= 15 is 0 Å². The monoisotopic (exact) mass is 257 g/mol. The molecular formula is C13H23NO2S. The average molecular weight is 257 g/mol. The van der Waals surface area contributed by atoms with Gasteiger partial charge in [0.05, 0.1) is 4.90 Å². The Labute approximate surface area is 106 Å². The first-order valence-corrected chi connectivity index (χ1v) is 7.33. The van der Waals surface area contributed by atoms with Gasteiger partial charge < -0.3 is 0 Å². The third-order valence-electron chi connectivity index (χ3n) is 2.32. The standard InChI is InChI=1S/C13H23NO2S/c1-10(2)11-6-8-12(9-7-11)17(15,16)14-13(3,4)5/h6-10,14-16H,1-5H3. The van der Waals surface area contributed by atoms with Gasteiger partial charge in [0.2, 0.25) is 0 Å². The molecule has 0 aliphatic rings. The van der Waals surface area contributed by atoms with E-state index in [4.69, 9.17) is 0 Å². The van der Waals surface area contributed by atoms with E-state index in [1.165, 1.54) is 5.56 Å². The van der Waals surface area contributed by atoms with Crippen molar-refractivity contribution in [3.8, 4) is 0 Å². The fourth-order valence-electron chi connectivity index (χ4n) is 1.53. The average Bonchev–Trinajstić information content (AvgIpc) is 2.14. The van der Waals surface area contributed by atoms with Crippen molar-refractivity contribution in [2.75, 3.05) is 0 Å². The zero-order valence-electron chi connectivity index (χ0n) is 11.2. The zero-order chi connectivity index (χ0) is 13.3. The Bertz CT molecular complexity index is 366. The molecule has 0 fully saturated rings. The summed E-state index contributed by atoms with van der Waals surface area (Å²) < 4.78 is 23.0.